The molecule has 208 valence electrons. The summed E-state index contributed by atoms with van der Waals surface area (Å²) in [5.74, 6) is 0. The van der Waals surface area contributed by atoms with E-state index in [9.17, 15) is 0 Å². The Bertz CT molecular complexity index is 2310. The Morgan fingerprint density at radius 2 is 1.14 bits per heavy atom. The van der Waals surface area contributed by atoms with Crippen LogP contribution in [0, 0.1) is 0 Å². The molecular formula is C40H27N2OP. The maximum absolute atomic E-state index is 15.6. The monoisotopic (exact) mass is 582 g/mol. The van der Waals surface area contributed by atoms with E-state index in [0.717, 1.165) is 70.7 Å². The number of aromatic nitrogens is 2. The van der Waals surface area contributed by atoms with E-state index in [1.165, 1.54) is 0 Å². The Morgan fingerprint density at radius 3 is 1.86 bits per heavy atom. The molecule has 0 bridgehead atoms. The van der Waals surface area contributed by atoms with Crippen molar-refractivity contribution >= 4 is 55.6 Å². The average Bonchev–Trinajstić information content (AvgIpc) is 3.11. The molecule has 0 saturated carbocycles. The number of fused-ring (bicyclic) bond motifs is 4. The number of nitrogens with zero attached hydrogens (tertiary/aromatic N) is 2. The van der Waals surface area contributed by atoms with Crippen molar-refractivity contribution < 1.29 is 4.57 Å². The Morgan fingerprint density at radius 1 is 0.477 bits per heavy atom. The maximum Gasteiger partial charge on any atom is 0.171 e. The fourth-order valence-corrected chi connectivity index (χ4v) is 8.95. The van der Waals surface area contributed by atoms with Crippen LogP contribution in [0.5, 0.6) is 0 Å². The summed E-state index contributed by atoms with van der Waals surface area (Å²) >= 11 is 0. The Labute approximate surface area is 255 Å². The summed E-state index contributed by atoms with van der Waals surface area (Å²) in [6.45, 7) is 0. The summed E-state index contributed by atoms with van der Waals surface area (Å²) in [5, 5.41) is 6.76. The van der Waals surface area contributed by atoms with Crippen LogP contribution in [0.3, 0.4) is 0 Å². The molecule has 0 N–H and O–H groups in total. The molecule has 0 amide bonds. The first-order valence-corrected chi connectivity index (χ1v) is 16.4. The van der Waals surface area contributed by atoms with Crippen LogP contribution >= 0.6 is 7.14 Å². The fourth-order valence-electron chi connectivity index (χ4n) is 6.23. The number of rotatable bonds is 5. The van der Waals surface area contributed by atoms with Crippen molar-refractivity contribution in [3.05, 3.63) is 164 Å². The second-order valence-electron chi connectivity index (χ2n) is 11.0. The van der Waals surface area contributed by atoms with Crippen LogP contribution in [0.1, 0.15) is 0 Å². The summed E-state index contributed by atoms with van der Waals surface area (Å²) in [6.07, 6.45) is 3.65. The first-order valence-electron chi connectivity index (χ1n) is 14.7. The van der Waals surface area contributed by atoms with E-state index in [0.29, 0.717) is 0 Å². The van der Waals surface area contributed by atoms with Crippen molar-refractivity contribution in [2.24, 2.45) is 0 Å². The van der Waals surface area contributed by atoms with E-state index in [1.807, 2.05) is 85.1 Å². The maximum atomic E-state index is 15.6. The fraction of sp³-hybridized carbons (Fsp3) is 0. The van der Waals surface area contributed by atoms with Gasteiger partial charge in [-0.1, -0.05) is 109 Å². The molecule has 6 aromatic carbocycles. The lowest BCUT2D eigenvalue weighted by Gasteiger charge is -2.22. The molecule has 4 heteroatoms. The zero-order chi connectivity index (χ0) is 29.5. The lowest BCUT2D eigenvalue weighted by molar-refractivity contribution is 0.592. The van der Waals surface area contributed by atoms with E-state index in [-0.39, 0.29) is 0 Å². The molecule has 0 atom stereocenters. The van der Waals surface area contributed by atoms with Gasteiger partial charge in [0.15, 0.2) is 7.14 Å². The van der Waals surface area contributed by atoms with Crippen LogP contribution in [0.25, 0.3) is 54.8 Å². The minimum absolute atomic E-state index is 0.784. The van der Waals surface area contributed by atoms with Gasteiger partial charge in [0.1, 0.15) is 0 Å². The number of benzene rings is 6. The molecule has 8 rings (SSSR count). The summed E-state index contributed by atoms with van der Waals surface area (Å²) < 4.78 is 15.6. The third-order valence-corrected chi connectivity index (χ3v) is 11.4. The molecule has 0 saturated heterocycles. The molecule has 3 nitrogen and oxygen atoms in total. The van der Waals surface area contributed by atoms with Crippen LogP contribution in [-0.4, -0.2) is 9.97 Å². The Hall–Kier alpha value is -5.37. The van der Waals surface area contributed by atoms with Gasteiger partial charge in [0, 0.05) is 50.0 Å². The second kappa shape index (κ2) is 10.7. The van der Waals surface area contributed by atoms with E-state index >= 15 is 4.57 Å². The van der Waals surface area contributed by atoms with Crippen LogP contribution < -0.4 is 15.9 Å². The highest BCUT2D eigenvalue weighted by atomic mass is 31.2. The standard InChI is InChI=1S/C40H27N2OP/c43-44(33-14-3-1-4-15-33,34-16-5-2-6-17-34)35-24-30(29-13-11-21-41-27-29)23-31(25-35)38-26-32-22-28-12-7-10-20-39(28)42-40(32)37-19-9-8-18-36(37)38/h1-27H. The van der Waals surface area contributed by atoms with Crippen LogP contribution in [-0.2, 0) is 4.57 Å². The van der Waals surface area contributed by atoms with E-state index in [4.69, 9.17) is 4.98 Å². The zero-order valence-corrected chi connectivity index (χ0v) is 24.7. The van der Waals surface area contributed by atoms with Gasteiger partial charge in [-0.15, -0.1) is 0 Å². The quantitative estimate of drug-likeness (QED) is 0.116. The molecule has 0 radical (unpaired) electrons. The minimum Gasteiger partial charge on any atom is -0.309 e. The summed E-state index contributed by atoms with van der Waals surface area (Å²) in [6, 6.07) is 51.3. The molecule has 0 aliphatic heterocycles. The predicted molar refractivity (Wildman–Crippen MR) is 185 cm³/mol. The molecule has 0 aliphatic carbocycles. The van der Waals surface area contributed by atoms with Crippen molar-refractivity contribution in [3.63, 3.8) is 0 Å². The summed E-state index contributed by atoms with van der Waals surface area (Å²) in [5.41, 5.74) is 5.97. The highest BCUT2D eigenvalue weighted by molar-refractivity contribution is 7.85. The smallest absolute Gasteiger partial charge is 0.171 e. The lowest BCUT2D eigenvalue weighted by Crippen LogP contribution is -2.25. The van der Waals surface area contributed by atoms with Gasteiger partial charge in [-0.2, -0.15) is 0 Å². The van der Waals surface area contributed by atoms with Crippen molar-refractivity contribution in [1.82, 2.24) is 9.97 Å². The highest BCUT2D eigenvalue weighted by Gasteiger charge is 2.30. The van der Waals surface area contributed by atoms with Crippen molar-refractivity contribution in [1.29, 1.82) is 0 Å². The van der Waals surface area contributed by atoms with Gasteiger partial charge >= 0.3 is 0 Å². The van der Waals surface area contributed by atoms with Crippen molar-refractivity contribution in [2.45, 2.75) is 0 Å². The van der Waals surface area contributed by atoms with Crippen molar-refractivity contribution in [3.8, 4) is 22.3 Å². The van der Waals surface area contributed by atoms with Crippen molar-refractivity contribution in [2.75, 3.05) is 0 Å². The molecule has 0 aliphatic rings. The molecule has 44 heavy (non-hydrogen) atoms. The second-order valence-corrected chi connectivity index (χ2v) is 13.8. The van der Waals surface area contributed by atoms with Crippen LogP contribution in [0.2, 0.25) is 0 Å². The Kier molecular flexibility index (Phi) is 6.40. The largest absolute Gasteiger partial charge is 0.309 e. The van der Waals surface area contributed by atoms with Gasteiger partial charge in [-0.25, -0.2) is 4.98 Å². The number of hydrogen-bond donors (Lipinski definition) is 0. The van der Waals surface area contributed by atoms with E-state index in [2.05, 4.69) is 77.8 Å². The third kappa shape index (κ3) is 4.41. The number of pyridine rings is 2. The van der Waals surface area contributed by atoms with Gasteiger partial charge in [-0.3, -0.25) is 4.98 Å². The summed E-state index contributed by atoms with van der Waals surface area (Å²) in [7, 11) is -3.24. The minimum atomic E-state index is -3.24. The van der Waals surface area contributed by atoms with Crippen LogP contribution in [0.15, 0.2) is 164 Å². The molecule has 0 unspecified atom stereocenters. The SMILES string of the molecule is O=P(c1ccccc1)(c1ccccc1)c1cc(-c2cccnc2)cc(-c2cc3cc4ccccc4nc3c3ccccc23)c1. The molecule has 0 fully saturated rings. The topological polar surface area (TPSA) is 42.9 Å². The lowest BCUT2D eigenvalue weighted by atomic mass is 9.93. The van der Waals surface area contributed by atoms with E-state index in [1.54, 1.807) is 6.20 Å². The predicted octanol–water partition coefficient (Wildman–Crippen LogP) is 8.91. The first kappa shape index (κ1) is 26.3. The number of para-hydroxylation sites is 1. The van der Waals surface area contributed by atoms with Gasteiger partial charge in [0.05, 0.1) is 11.0 Å². The molecular weight excluding hydrogens is 555 g/mol. The van der Waals surface area contributed by atoms with Gasteiger partial charge < -0.3 is 4.57 Å². The molecule has 2 heterocycles. The normalized spacial score (nSPS) is 11.7. The third-order valence-electron chi connectivity index (χ3n) is 8.35. The Balaban J connectivity index is 1.46. The molecule has 2 aromatic heterocycles. The highest BCUT2D eigenvalue weighted by Crippen LogP contribution is 2.45. The van der Waals surface area contributed by atoms with Gasteiger partial charge in [0.25, 0.3) is 0 Å². The van der Waals surface area contributed by atoms with Gasteiger partial charge in [-0.05, 0) is 64.5 Å². The zero-order valence-electron chi connectivity index (χ0n) is 23.8. The first-order chi connectivity index (χ1) is 21.7. The number of hydrogen-bond acceptors (Lipinski definition) is 3. The van der Waals surface area contributed by atoms with E-state index < -0.39 is 7.14 Å². The average molecular weight is 583 g/mol. The summed E-state index contributed by atoms with van der Waals surface area (Å²) in [4.78, 5) is 9.50. The van der Waals surface area contributed by atoms with Crippen LogP contribution in [0.4, 0.5) is 0 Å². The van der Waals surface area contributed by atoms with Gasteiger partial charge in [0.2, 0.25) is 0 Å². The molecule has 8 aromatic rings. The molecule has 0 spiro atoms.